The van der Waals surface area contributed by atoms with Gasteiger partial charge in [0, 0.05) is 4.88 Å². The molecule has 116 valence electrons. The average molecular weight is 326 g/mol. The molecule has 1 aromatic carbocycles. The van der Waals surface area contributed by atoms with Gasteiger partial charge in [-0.05, 0) is 42.8 Å². The van der Waals surface area contributed by atoms with Crippen LogP contribution in [0.2, 0.25) is 0 Å². The fourth-order valence-corrected chi connectivity index (χ4v) is 2.80. The van der Waals surface area contributed by atoms with Crippen LogP contribution in [0.15, 0.2) is 47.6 Å². The van der Waals surface area contributed by atoms with Gasteiger partial charge in [-0.3, -0.25) is 9.89 Å². The third-order valence-electron chi connectivity index (χ3n) is 3.07. The van der Waals surface area contributed by atoms with Crippen molar-refractivity contribution in [3.05, 3.63) is 58.6 Å². The van der Waals surface area contributed by atoms with E-state index in [0.29, 0.717) is 5.56 Å². The second-order valence-electron chi connectivity index (χ2n) is 4.87. The van der Waals surface area contributed by atoms with E-state index in [2.05, 4.69) is 20.7 Å². The van der Waals surface area contributed by atoms with E-state index < -0.39 is 5.91 Å². The number of H-pyrrole nitrogens is 1. The molecule has 3 rings (SSSR count). The van der Waals surface area contributed by atoms with Gasteiger partial charge >= 0.3 is 0 Å². The van der Waals surface area contributed by atoms with Gasteiger partial charge in [-0.25, -0.2) is 5.43 Å². The Bertz CT molecular complexity index is 866. The molecule has 1 amide bonds. The Morgan fingerprint density at radius 3 is 2.96 bits per heavy atom. The van der Waals surface area contributed by atoms with E-state index in [-0.39, 0.29) is 11.4 Å². The van der Waals surface area contributed by atoms with Crippen molar-refractivity contribution in [1.82, 2.24) is 15.6 Å². The third-order valence-corrected chi connectivity index (χ3v) is 4.10. The molecule has 2 aromatic heterocycles. The maximum Gasteiger partial charge on any atom is 0.291 e. The van der Waals surface area contributed by atoms with E-state index >= 15 is 0 Å². The molecule has 0 unspecified atom stereocenters. The second kappa shape index (κ2) is 6.45. The number of carbonyl (C=O) groups is 1. The number of aryl methyl sites for hydroxylation is 1. The number of rotatable bonds is 4. The van der Waals surface area contributed by atoms with Crippen molar-refractivity contribution in [3.63, 3.8) is 0 Å². The summed E-state index contributed by atoms with van der Waals surface area (Å²) in [4.78, 5) is 14.2. The molecule has 3 aromatic rings. The lowest BCUT2D eigenvalue weighted by Gasteiger charge is -1.96. The summed E-state index contributed by atoms with van der Waals surface area (Å²) >= 11 is 1.63. The highest BCUT2D eigenvalue weighted by atomic mass is 32.1. The normalized spacial score (nSPS) is 11.0. The fourth-order valence-electron chi connectivity index (χ4n) is 1.97. The summed E-state index contributed by atoms with van der Waals surface area (Å²) < 4.78 is 0. The van der Waals surface area contributed by atoms with E-state index in [1.54, 1.807) is 41.7 Å². The van der Waals surface area contributed by atoms with E-state index in [9.17, 15) is 9.90 Å². The van der Waals surface area contributed by atoms with Gasteiger partial charge < -0.3 is 5.11 Å². The first-order valence-electron chi connectivity index (χ1n) is 6.86. The van der Waals surface area contributed by atoms with Crippen molar-refractivity contribution < 1.29 is 9.90 Å². The summed E-state index contributed by atoms with van der Waals surface area (Å²) in [6, 6.07) is 12.2. The van der Waals surface area contributed by atoms with Gasteiger partial charge in [-0.15, -0.1) is 11.3 Å². The van der Waals surface area contributed by atoms with Gasteiger partial charge in [0.15, 0.2) is 5.69 Å². The summed E-state index contributed by atoms with van der Waals surface area (Å²) in [6.07, 6.45) is 1.45. The van der Waals surface area contributed by atoms with Crippen molar-refractivity contribution >= 4 is 23.5 Å². The van der Waals surface area contributed by atoms with Crippen molar-refractivity contribution in [1.29, 1.82) is 0 Å². The predicted molar refractivity (Wildman–Crippen MR) is 89.8 cm³/mol. The molecule has 0 fully saturated rings. The van der Waals surface area contributed by atoms with E-state index in [4.69, 9.17) is 0 Å². The maximum absolute atomic E-state index is 12.0. The number of aromatic hydroxyl groups is 1. The number of phenols is 1. The highest BCUT2D eigenvalue weighted by molar-refractivity contribution is 7.15. The van der Waals surface area contributed by atoms with Crippen LogP contribution < -0.4 is 5.43 Å². The molecule has 2 heterocycles. The van der Waals surface area contributed by atoms with Gasteiger partial charge in [-0.2, -0.15) is 10.2 Å². The average Bonchev–Trinajstić information content (AvgIpc) is 3.16. The van der Waals surface area contributed by atoms with Crippen molar-refractivity contribution in [2.45, 2.75) is 6.92 Å². The summed E-state index contributed by atoms with van der Waals surface area (Å²) in [6.45, 7) is 2.02. The van der Waals surface area contributed by atoms with Crippen molar-refractivity contribution in [3.8, 4) is 16.3 Å². The lowest BCUT2D eigenvalue weighted by Crippen LogP contribution is -2.17. The van der Waals surface area contributed by atoms with Gasteiger partial charge in [0.2, 0.25) is 0 Å². The lowest BCUT2D eigenvalue weighted by molar-refractivity contribution is 0.0950. The molecule has 0 aliphatic heterocycles. The van der Waals surface area contributed by atoms with Crippen LogP contribution in [-0.2, 0) is 0 Å². The highest BCUT2D eigenvalue weighted by Gasteiger charge is 2.11. The van der Waals surface area contributed by atoms with Crippen molar-refractivity contribution in [2.75, 3.05) is 0 Å². The molecule has 3 N–H and O–H groups in total. The van der Waals surface area contributed by atoms with E-state index in [0.717, 1.165) is 10.6 Å². The first-order chi connectivity index (χ1) is 11.1. The van der Waals surface area contributed by atoms with Crippen LogP contribution in [-0.4, -0.2) is 27.4 Å². The Balaban J connectivity index is 1.66. The molecule has 7 heteroatoms. The molecule has 6 nitrogen and oxygen atoms in total. The predicted octanol–water partition coefficient (Wildman–Crippen LogP) is 2.92. The number of benzene rings is 1. The van der Waals surface area contributed by atoms with Crippen LogP contribution in [0.1, 0.15) is 20.9 Å². The number of aromatic amines is 1. The smallest absolute Gasteiger partial charge is 0.291 e. The summed E-state index contributed by atoms with van der Waals surface area (Å²) in [5.74, 6) is -0.263. The number of hydrogen-bond acceptors (Lipinski definition) is 5. The van der Waals surface area contributed by atoms with Crippen LogP contribution in [0.3, 0.4) is 0 Å². The SMILES string of the molecule is Cc1ccc(-c2cc(C(=O)NN=Cc3cccc(O)c3)n[nH]2)s1. The zero-order chi connectivity index (χ0) is 16.2. The van der Waals surface area contributed by atoms with Crippen LogP contribution in [0, 0.1) is 6.92 Å². The van der Waals surface area contributed by atoms with Crippen LogP contribution in [0.25, 0.3) is 10.6 Å². The summed E-state index contributed by atoms with van der Waals surface area (Å²) in [7, 11) is 0. The van der Waals surface area contributed by atoms with E-state index in [1.807, 2.05) is 19.1 Å². The van der Waals surface area contributed by atoms with Gasteiger partial charge in [0.25, 0.3) is 5.91 Å². The molecule has 0 radical (unpaired) electrons. The molecule has 0 atom stereocenters. The number of carbonyl (C=O) groups excluding carboxylic acids is 1. The van der Waals surface area contributed by atoms with Gasteiger partial charge in [0.05, 0.1) is 16.8 Å². The number of hydrazone groups is 1. The van der Waals surface area contributed by atoms with E-state index in [1.165, 1.54) is 11.1 Å². The summed E-state index contributed by atoms with van der Waals surface area (Å²) in [5, 5.41) is 20.1. The molecule has 0 saturated carbocycles. The largest absolute Gasteiger partial charge is 0.508 e. The van der Waals surface area contributed by atoms with Crippen LogP contribution in [0.4, 0.5) is 0 Å². The Labute approximate surface area is 136 Å². The Morgan fingerprint density at radius 2 is 2.22 bits per heavy atom. The van der Waals surface area contributed by atoms with Crippen LogP contribution in [0.5, 0.6) is 5.75 Å². The second-order valence-corrected chi connectivity index (χ2v) is 6.16. The first kappa shape index (κ1) is 15.0. The Morgan fingerprint density at radius 1 is 1.35 bits per heavy atom. The molecule has 0 bridgehead atoms. The zero-order valence-electron chi connectivity index (χ0n) is 12.3. The molecular formula is C16H14N4O2S. The Kier molecular flexibility index (Phi) is 4.20. The van der Waals surface area contributed by atoms with Gasteiger partial charge in [0.1, 0.15) is 5.75 Å². The summed E-state index contributed by atoms with van der Waals surface area (Å²) in [5.41, 5.74) is 4.15. The number of nitrogens with zero attached hydrogens (tertiary/aromatic N) is 2. The molecule has 0 aliphatic carbocycles. The number of thiophene rings is 1. The fraction of sp³-hybridized carbons (Fsp3) is 0.0625. The number of hydrogen-bond donors (Lipinski definition) is 3. The molecule has 0 saturated heterocycles. The molecular weight excluding hydrogens is 312 g/mol. The number of amides is 1. The van der Waals surface area contributed by atoms with Crippen LogP contribution >= 0.6 is 11.3 Å². The minimum absolute atomic E-state index is 0.142. The number of phenolic OH excluding ortho intramolecular Hbond substituents is 1. The van der Waals surface area contributed by atoms with Crippen molar-refractivity contribution in [2.24, 2.45) is 5.10 Å². The quantitative estimate of drug-likeness (QED) is 0.508. The maximum atomic E-state index is 12.0. The monoisotopic (exact) mass is 326 g/mol. The molecule has 0 spiro atoms. The standard InChI is InChI=1S/C16H14N4O2S/c1-10-5-6-15(23-10)13-8-14(19-18-13)16(22)20-17-9-11-3-2-4-12(21)7-11/h2-9,21H,1H3,(H,18,19)(H,20,22). The topological polar surface area (TPSA) is 90.4 Å². The van der Waals surface area contributed by atoms with Gasteiger partial charge in [-0.1, -0.05) is 12.1 Å². The zero-order valence-corrected chi connectivity index (χ0v) is 13.1. The Hall–Kier alpha value is -2.93. The number of nitrogens with one attached hydrogen (secondary N) is 2. The molecule has 0 aliphatic rings. The first-order valence-corrected chi connectivity index (χ1v) is 7.68. The minimum Gasteiger partial charge on any atom is -0.508 e. The molecule has 23 heavy (non-hydrogen) atoms. The number of aromatic nitrogens is 2. The minimum atomic E-state index is -0.405. The third kappa shape index (κ3) is 3.64. The highest BCUT2D eigenvalue weighted by Crippen LogP contribution is 2.26. The lowest BCUT2D eigenvalue weighted by atomic mass is 10.2.